The summed E-state index contributed by atoms with van der Waals surface area (Å²) in [6.45, 7) is 4.76. The van der Waals surface area contributed by atoms with Crippen LogP contribution in [0.25, 0.3) is 0 Å². The Kier molecular flexibility index (Phi) is 6.99. The number of nitrogens with zero attached hydrogens (tertiary/aromatic N) is 4. The third-order valence-electron chi connectivity index (χ3n) is 4.70. The van der Waals surface area contributed by atoms with Crippen molar-refractivity contribution in [3.05, 3.63) is 58.6 Å². The normalized spacial score (nSPS) is 13.1. The molecule has 1 N–H and O–H groups in total. The molecule has 0 atom stereocenters. The zero-order valence-corrected chi connectivity index (χ0v) is 17.5. The van der Waals surface area contributed by atoms with Crippen molar-refractivity contribution < 1.29 is 41.6 Å². The van der Waals surface area contributed by atoms with Gasteiger partial charge >= 0.3 is 12.1 Å². The van der Waals surface area contributed by atoms with Crippen LogP contribution in [0.1, 0.15) is 38.8 Å². The number of ether oxygens (including phenoxy) is 1. The van der Waals surface area contributed by atoms with Gasteiger partial charge in [0, 0.05) is 24.7 Å². The van der Waals surface area contributed by atoms with Crippen molar-refractivity contribution in [1.82, 2.24) is 20.2 Å². The monoisotopic (exact) mass is 468 g/mol. The van der Waals surface area contributed by atoms with Crippen LogP contribution in [0.3, 0.4) is 0 Å². The van der Waals surface area contributed by atoms with Gasteiger partial charge in [0.15, 0.2) is 0 Å². The van der Waals surface area contributed by atoms with E-state index in [1.807, 2.05) is 6.07 Å². The molecule has 4 heterocycles. The number of halogens is 3. The summed E-state index contributed by atoms with van der Waals surface area (Å²) in [5, 5.41) is 15.1. The van der Waals surface area contributed by atoms with Crippen molar-refractivity contribution in [1.29, 1.82) is 0 Å². The van der Waals surface area contributed by atoms with Crippen LogP contribution in [-0.2, 0) is 24.4 Å². The van der Waals surface area contributed by atoms with E-state index in [1.54, 1.807) is 37.2 Å². The predicted molar refractivity (Wildman–Crippen MR) is 103 cm³/mol. The quantitative estimate of drug-likeness (QED) is 0.613. The number of rotatable bonds is 4. The zero-order valence-electron chi connectivity index (χ0n) is 17.5. The van der Waals surface area contributed by atoms with Gasteiger partial charge in [-0.3, -0.25) is 9.78 Å². The molecular weight excluding hydrogens is 449 g/mol. The Morgan fingerprint density at radius 1 is 1.24 bits per heavy atom. The summed E-state index contributed by atoms with van der Waals surface area (Å²) in [5.41, 5.74) is 2.72. The lowest BCUT2D eigenvalue weighted by atomic mass is 10.0. The molecule has 0 aromatic carbocycles. The van der Waals surface area contributed by atoms with Crippen LogP contribution in [0, 0.1) is 13.8 Å². The minimum Gasteiger partial charge on any atom is -0.486 e. The molecule has 0 saturated carbocycles. The first-order valence-corrected chi connectivity index (χ1v) is 9.59. The molecule has 1 aliphatic heterocycles. The highest BCUT2D eigenvalue weighted by molar-refractivity contribution is 5.96. The molecular formula is C20H19F3N4O6. The number of hydrogen-bond acceptors (Lipinski definition) is 8. The average molecular weight is 468 g/mol. The number of carboxylic acids is 1. The van der Waals surface area contributed by atoms with Crippen LogP contribution in [0.2, 0.25) is 0 Å². The van der Waals surface area contributed by atoms with Crippen LogP contribution in [-0.4, -0.2) is 49.9 Å². The molecule has 3 aromatic rings. The number of alkyl halides is 3. The highest BCUT2D eigenvalue weighted by Crippen LogP contribution is 2.26. The molecule has 0 saturated heterocycles. The Bertz CT molecular complexity index is 1110. The Balaban J connectivity index is 0.000000383. The van der Waals surface area contributed by atoms with E-state index in [0.29, 0.717) is 48.0 Å². The van der Waals surface area contributed by atoms with Crippen molar-refractivity contribution in [2.24, 2.45) is 0 Å². The second kappa shape index (κ2) is 9.71. The van der Waals surface area contributed by atoms with E-state index in [-0.39, 0.29) is 12.5 Å². The molecule has 3 aromatic heterocycles. The summed E-state index contributed by atoms with van der Waals surface area (Å²) in [5.74, 6) is -0.857. The maximum atomic E-state index is 12.9. The highest BCUT2D eigenvalue weighted by atomic mass is 19.4. The van der Waals surface area contributed by atoms with Gasteiger partial charge in [0.05, 0.1) is 18.4 Å². The Labute approximate surface area is 184 Å². The van der Waals surface area contributed by atoms with E-state index in [1.165, 1.54) is 0 Å². The van der Waals surface area contributed by atoms with Gasteiger partial charge < -0.3 is 23.8 Å². The average Bonchev–Trinajstić information content (AvgIpc) is 3.34. The number of carboxylic acid groups (broad SMARTS) is 1. The minimum absolute atomic E-state index is 0.0905. The summed E-state index contributed by atoms with van der Waals surface area (Å²) in [6.07, 6.45) is -1.15. The number of carbonyl (C=O) groups excluding carboxylic acids is 1. The topological polar surface area (TPSA) is 132 Å². The second-order valence-corrected chi connectivity index (χ2v) is 6.99. The lowest BCUT2D eigenvalue weighted by Crippen LogP contribution is -2.36. The lowest BCUT2D eigenvalue weighted by molar-refractivity contribution is -0.192. The molecule has 1 aliphatic rings. The Hall–Kier alpha value is -3.90. The number of pyridine rings is 1. The van der Waals surface area contributed by atoms with Crippen molar-refractivity contribution >= 4 is 11.9 Å². The molecule has 1 amide bonds. The van der Waals surface area contributed by atoms with Gasteiger partial charge in [-0.1, -0.05) is 10.3 Å². The summed E-state index contributed by atoms with van der Waals surface area (Å²) in [6, 6.07) is 3.63. The number of carbonyl (C=O) groups is 2. The van der Waals surface area contributed by atoms with Gasteiger partial charge in [0.1, 0.15) is 35.1 Å². The lowest BCUT2D eigenvalue weighted by Gasteiger charge is -2.26. The molecule has 10 nitrogen and oxygen atoms in total. The van der Waals surface area contributed by atoms with Crippen LogP contribution in [0.5, 0.6) is 5.75 Å². The summed E-state index contributed by atoms with van der Waals surface area (Å²) in [7, 11) is 0. The SMILES string of the molecule is Cc1noc(C)c1C(=O)N1CCc2onc(COc3cccnc3)c2C1.O=C(O)C(F)(F)F. The first kappa shape index (κ1) is 23.8. The van der Waals surface area contributed by atoms with Crippen LogP contribution in [0.15, 0.2) is 33.6 Å². The van der Waals surface area contributed by atoms with E-state index >= 15 is 0 Å². The van der Waals surface area contributed by atoms with Gasteiger partial charge in [0.25, 0.3) is 5.91 Å². The summed E-state index contributed by atoms with van der Waals surface area (Å²) < 4.78 is 48.0. The van der Waals surface area contributed by atoms with Gasteiger partial charge in [-0.15, -0.1) is 0 Å². The van der Waals surface area contributed by atoms with Crippen LogP contribution < -0.4 is 4.74 Å². The van der Waals surface area contributed by atoms with E-state index in [2.05, 4.69) is 15.3 Å². The van der Waals surface area contributed by atoms with E-state index in [9.17, 15) is 18.0 Å². The van der Waals surface area contributed by atoms with E-state index < -0.39 is 12.1 Å². The number of fused-ring (bicyclic) bond motifs is 1. The number of aromatic nitrogens is 3. The smallest absolute Gasteiger partial charge is 0.486 e. The molecule has 0 bridgehead atoms. The molecule has 0 unspecified atom stereocenters. The molecule has 0 fully saturated rings. The van der Waals surface area contributed by atoms with E-state index in [0.717, 1.165) is 11.3 Å². The van der Waals surface area contributed by atoms with Gasteiger partial charge in [-0.2, -0.15) is 13.2 Å². The van der Waals surface area contributed by atoms with Crippen molar-refractivity contribution in [2.75, 3.05) is 6.54 Å². The van der Waals surface area contributed by atoms with Gasteiger partial charge in [-0.05, 0) is 26.0 Å². The molecule has 33 heavy (non-hydrogen) atoms. The number of amides is 1. The molecule has 176 valence electrons. The van der Waals surface area contributed by atoms with Crippen LogP contribution in [0.4, 0.5) is 13.2 Å². The zero-order chi connectivity index (χ0) is 24.2. The van der Waals surface area contributed by atoms with Crippen molar-refractivity contribution in [3.8, 4) is 5.75 Å². The number of hydrogen-bond donors (Lipinski definition) is 1. The third kappa shape index (κ3) is 5.67. The molecule has 0 spiro atoms. The first-order chi connectivity index (χ1) is 15.6. The fourth-order valence-corrected chi connectivity index (χ4v) is 3.08. The van der Waals surface area contributed by atoms with Crippen LogP contribution >= 0.6 is 0 Å². The molecule has 0 aliphatic carbocycles. The maximum absolute atomic E-state index is 12.9. The number of aliphatic carboxylic acids is 1. The standard InChI is InChI=1S/C18H18N4O4.C2HF3O2/c1-11-17(12(2)25-20-11)18(23)22-7-5-16-14(9-22)15(21-26-16)10-24-13-4-3-6-19-8-13;3-2(4,5)1(6)7/h3-4,6,8H,5,7,9-10H2,1-2H3;(H,6,7). The van der Waals surface area contributed by atoms with Gasteiger partial charge in [-0.25, -0.2) is 4.79 Å². The molecule has 13 heteroatoms. The largest absolute Gasteiger partial charge is 0.490 e. The summed E-state index contributed by atoms with van der Waals surface area (Å²) >= 11 is 0. The highest BCUT2D eigenvalue weighted by Gasteiger charge is 2.38. The van der Waals surface area contributed by atoms with Crippen molar-refractivity contribution in [3.63, 3.8) is 0 Å². The molecule has 4 rings (SSSR count). The summed E-state index contributed by atoms with van der Waals surface area (Å²) in [4.78, 5) is 27.5. The van der Waals surface area contributed by atoms with E-state index in [4.69, 9.17) is 23.7 Å². The third-order valence-corrected chi connectivity index (χ3v) is 4.70. The number of aryl methyl sites for hydroxylation is 2. The Morgan fingerprint density at radius 2 is 1.97 bits per heavy atom. The maximum Gasteiger partial charge on any atom is 0.490 e. The minimum atomic E-state index is -5.08. The molecule has 0 radical (unpaired) electrons. The first-order valence-electron chi connectivity index (χ1n) is 9.59. The Morgan fingerprint density at radius 3 is 2.55 bits per heavy atom. The fourth-order valence-electron chi connectivity index (χ4n) is 3.08. The van der Waals surface area contributed by atoms with Crippen molar-refractivity contribution in [2.45, 2.75) is 39.6 Å². The fraction of sp³-hybridized carbons (Fsp3) is 0.350. The predicted octanol–water partition coefficient (Wildman–Crippen LogP) is 3.09. The second-order valence-electron chi connectivity index (χ2n) is 6.99. The van der Waals surface area contributed by atoms with Gasteiger partial charge in [0.2, 0.25) is 0 Å².